The molecule has 1 N–H and O–H groups in total. The first-order chi connectivity index (χ1) is 13.9. The van der Waals surface area contributed by atoms with Gasteiger partial charge >= 0.3 is 0 Å². The number of aromatic nitrogens is 2. The summed E-state index contributed by atoms with van der Waals surface area (Å²) >= 11 is 6.08. The highest BCUT2D eigenvalue weighted by Crippen LogP contribution is 2.35. The molecule has 6 nitrogen and oxygen atoms in total. The van der Waals surface area contributed by atoms with Crippen LogP contribution in [0.4, 0.5) is 11.4 Å². The standard InChI is InChI=1S/C22H21ClN4O2/c1-13-6-7-24-15(8-13)10-16-11-18(21-19(25-16)12-27(2)22(21)28)26-17-5-4-14(23)9-20(17)29-3/h4-9,11H,10,12H2,1-3H3,(H,25,26). The van der Waals surface area contributed by atoms with Crippen LogP contribution in [0.1, 0.15) is 33.0 Å². The van der Waals surface area contributed by atoms with Crippen LogP contribution in [0.25, 0.3) is 0 Å². The number of hydrogen-bond donors (Lipinski definition) is 1. The van der Waals surface area contributed by atoms with Crippen LogP contribution in [-0.4, -0.2) is 34.9 Å². The Balaban J connectivity index is 1.76. The average molecular weight is 409 g/mol. The number of carbonyl (C=O) groups is 1. The van der Waals surface area contributed by atoms with E-state index in [1.807, 2.05) is 31.2 Å². The quantitative estimate of drug-likeness (QED) is 0.679. The molecule has 0 saturated heterocycles. The number of amides is 1. The Kier molecular flexibility index (Phi) is 5.11. The fourth-order valence-corrected chi connectivity index (χ4v) is 3.64. The van der Waals surface area contributed by atoms with Gasteiger partial charge in [0.05, 0.1) is 36.3 Å². The van der Waals surface area contributed by atoms with Crippen molar-refractivity contribution < 1.29 is 9.53 Å². The number of pyridine rings is 2. The third kappa shape index (κ3) is 3.89. The second-order valence-electron chi connectivity index (χ2n) is 7.11. The van der Waals surface area contributed by atoms with Crippen LogP contribution >= 0.6 is 11.6 Å². The molecular weight excluding hydrogens is 388 g/mol. The van der Waals surface area contributed by atoms with Gasteiger partial charge < -0.3 is 15.0 Å². The lowest BCUT2D eigenvalue weighted by molar-refractivity contribution is 0.0817. The Bertz CT molecular complexity index is 1100. The van der Waals surface area contributed by atoms with Gasteiger partial charge in [-0.15, -0.1) is 0 Å². The van der Waals surface area contributed by atoms with Crippen LogP contribution in [0, 0.1) is 6.92 Å². The minimum Gasteiger partial charge on any atom is -0.495 e. The van der Waals surface area contributed by atoms with Crippen LogP contribution in [0.3, 0.4) is 0 Å². The molecular formula is C22H21ClN4O2. The molecule has 3 aromatic rings. The highest BCUT2D eigenvalue weighted by Gasteiger charge is 2.30. The number of benzene rings is 1. The molecule has 0 bridgehead atoms. The normalized spacial score (nSPS) is 12.8. The number of rotatable bonds is 5. The number of aryl methyl sites for hydroxylation is 1. The van der Waals surface area contributed by atoms with Crippen molar-refractivity contribution in [1.82, 2.24) is 14.9 Å². The Morgan fingerprint density at radius 2 is 2.00 bits per heavy atom. The molecule has 0 spiro atoms. The molecule has 0 atom stereocenters. The lowest BCUT2D eigenvalue weighted by atomic mass is 10.1. The van der Waals surface area contributed by atoms with Gasteiger partial charge in [-0.1, -0.05) is 11.6 Å². The molecule has 0 radical (unpaired) electrons. The van der Waals surface area contributed by atoms with Gasteiger partial charge in [-0.25, -0.2) is 0 Å². The smallest absolute Gasteiger partial charge is 0.257 e. The van der Waals surface area contributed by atoms with Gasteiger partial charge in [0.15, 0.2) is 0 Å². The number of nitrogens with zero attached hydrogens (tertiary/aromatic N) is 3. The largest absolute Gasteiger partial charge is 0.495 e. The fraction of sp³-hybridized carbons (Fsp3) is 0.227. The van der Waals surface area contributed by atoms with Gasteiger partial charge in [-0.2, -0.15) is 0 Å². The summed E-state index contributed by atoms with van der Waals surface area (Å²) in [6.45, 7) is 2.52. The molecule has 2 aromatic heterocycles. The van der Waals surface area contributed by atoms with Crippen molar-refractivity contribution in [3.63, 3.8) is 0 Å². The minimum absolute atomic E-state index is 0.0526. The van der Waals surface area contributed by atoms with E-state index in [2.05, 4.69) is 10.3 Å². The number of hydrogen-bond acceptors (Lipinski definition) is 5. The summed E-state index contributed by atoms with van der Waals surface area (Å²) < 4.78 is 5.44. The topological polar surface area (TPSA) is 67.3 Å². The van der Waals surface area contributed by atoms with Gasteiger partial charge in [-0.05, 0) is 42.8 Å². The predicted molar refractivity (Wildman–Crippen MR) is 113 cm³/mol. The Hall–Kier alpha value is -3.12. The molecule has 0 saturated carbocycles. The van der Waals surface area contributed by atoms with E-state index in [0.717, 1.165) is 28.3 Å². The second-order valence-corrected chi connectivity index (χ2v) is 7.55. The van der Waals surface area contributed by atoms with E-state index >= 15 is 0 Å². The molecule has 0 aliphatic carbocycles. The first-order valence-electron chi connectivity index (χ1n) is 9.25. The van der Waals surface area contributed by atoms with Crippen molar-refractivity contribution in [1.29, 1.82) is 0 Å². The predicted octanol–water partition coefficient (Wildman–Crippen LogP) is 4.37. The first-order valence-corrected chi connectivity index (χ1v) is 9.62. The summed E-state index contributed by atoms with van der Waals surface area (Å²) in [5.74, 6) is 0.548. The van der Waals surface area contributed by atoms with E-state index in [1.54, 1.807) is 37.4 Å². The molecule has 0 fully saturated rings. The Labute approximate surface area is 174 Å². The molecule has 1 aliphatic rings. The molecule has 29 heavy (non-hydrogen) atoms. The number of carbonyl (C=O) groups excluding carboxylic acids is 1. The van der Waals surface area contributed by atoms with Gasteiger partial charge in [0.25, 0.3) is 5.91 Å². The maximum absolute atomic E-state index is 12.7. The van der Waals surface area contributed by atoms with Gasteiger partial charge in [0.1, 0.15) is 5.75 Å². The lowest BCUT2D eigenvalue weighted by Gasteiger charge is -2.15. The van der Waals surface area contributed by atoms with Crippen molar-refractivity contribution in [3.05, 3.63) is 75.8 Å². The molecule has 148 valence electrons. The van der Waals surface area contributed by atoms with Gasteiger partial charge in [0, 0.05) is 42.1 Å². The van der Waals surface area contributed by atoms with Crippen molar-refractivity contribution in [2.24, 2.45) is 0 Å². The van der Waals surface area contributed by atoms with Crippen LogP contribution in [-0.2, 0) is 13.0 Å². The number of nitrogens with one attached hydrogen (secondary N) is 1. The summed E-state index contributed by atoms with van der Waals surface area (Å²) in [6.07, 6.45) is 2.38. The summed E-state index contributed by atoms with van der Waals surface area (Å²) in [5, 5.41) is 3.93. The van der Waals surface area contributed by atoms with Gasteiger partial charge in [0.2, 0.25) is 0 Å². The number of methoxy groups -OCH3 is 1. The molecule has 1 aliphatic heterocycles. The number of halogens is 1. The zero-order valence-corrected chi connectivity index (χ0v) is 17.2. The van der Waals surface area contributed by atoms with Crippen LogP contribution in [0.2, 0.25) is 5.02 Å². The third-order valence-corrected chi connectivity index (χ3v) is 5.10. The molecule has 7 heteroatoms. The fourth-order valence-electron chi connectivity index (χ4n) is 3.48. The zero-order valence-electron chi connectivity index (χ0n) is 16.5. The van der Waals surface area contributed by atoms with Crippen molar-refractivity contribution in [2.75, 3.05) is 19.5 Å². The SMILES string of the molecule is COc1cc(Cl)ccc1Nc1cc(Cc2cc(C)ccn2)nc2c1C(=O)N(C)C2. The lowest BCUT2D eigenvalue weighted by Crippen LogP contribution is -2.18. The van der Waals surface area contributed by atoms with Crippen molar-refractivity contribution in [3.8, 4) is 5.75 Å². The third-order valence-electron chi connectivity index (χ3n) is 4.86. The van der Waals surface area contributed by atoms with Crippen LogP contribution in [0.15, 0.2) is 42.6 Å². The Morgan fingerprint density at radius 3 is 2.76 bits per heavy atom. The van der Waals surface area contributed by atoms with E-state index in [0.29, 0.717) is 35.0 Å². The zero-order chi connectivity index (χ0) is 20.5. The summed E-state index contributed by atoms with van der Waals surface area (Å²) in [4.78, 5) is 23.6. The summed E-state index contributed by atoms with van der Waals surface area (Å²) in [6, 6.07) is 11.3. The maximum Gasteiger partial charge on any atom is 0.257 e. The van der Waals surface area contributed by atoms with E-state index < -0.39 is 0 Å². The summed E-state index contributed by atoms with van der Waals surface area (Å²) in [5.41, 5.74) is 5.71. The average Bonchev–Trinajstić information content (AvgIpc) is 2.97. The highest BCUT2D eigenvalue weighted by atomic mass is 35.5. The molecule has 1 aromatic carbocycles. The second kappa shape index (κ2) is 7.72. The van der Waals surface area contributed by atoms with Crippen LogP contribution in [0.5, 0.6) is 5.75 Å². The monoisotopic (exact) mass is 408 g/mol. The van der Waals surface area contributed by atoms with E-state index in [1.165, 1.54) is 0 Å². The molecule has 1 amide bonds. The number of ether oxygens (including phenoxy) is 1. The Morgan fingerprint density at radius 1 is 1.17 bits per heavy atom. The summed E-state index contributed by atoms with van der Waals surface area (Å²) in [7, 11) is 3.36. The van der Waals surface area contributed by atoms with E-state index in [4.69, 9.17) is 21.3 Å². The molecule has 0 unspecified atom stereocenters. The van der Waals surface area contributed by atoms with Crippen molar-refractivity contribution >= 4 is 28.9 Å². The number of fused-ring (bicyclic) bond motifs is 1. The minimum atomic E-state index is -0.0526. The van der Waals surface area contributed by atoms with Crippen LogP contribution < -0.4 is 10.1 Å². The highest BCUT2D eigenvalue weighted by molar-refractivity contribution is 6.30. The van der Waals surface area contributed by atoms with Crippen molar-refractivity contribution in [2.45, 2.75) is 19.9 Å². The molecule has 3 heterocycles. The molecule has 4 rings (SSSR count). The maximum atomic E-state index is 12.7. The first kappa shape index (κ1) is 19.2. The van der Waals surface area contributed by atoms with E-state index in [-0.39, 0.29) is 5.91 Å². The van der Waals surface area contributed by atoms with Gasteiger partial charge in [-0.3, -0.25) is 14.8 Å². The number of anilines is 2. The van der Waals surface area contributed by atoms with E-state index in [9.17, 15) is 4.79 Å².